The number of nitrogens with zero attached hydrogens (tertiary/aromatic N) is 1. The van der Waals surface area contributed by atoms with Gasteiger partial charge in [0.05, 0.1) is 31.3 Å². The predicted molar refractivity (Wildman–Crippen MR) is 129 cm³/mol. The van der Waals surface area contributed by atoms with Gasteiger partial charge in [-0.2, -0.15) is 4.31 Å². The second-order valence-electron chi connectivity index (χ2n) is 8.14. The maximum atomic E-state index is 12.8. The van der Waals surface area contributed by atoms with E-state index in [0.29, 0.717) is 50.0 Å². The minimum absolute atomic E-state index is 0.0539. The minimum Gasteiger partial charge on any atom is -0.449 e. The first-order valence-corrected chi connectivity index (χ1v) is 12.4. The lowest BCUT2D eigenvalue weighted by atomic mass is 10.2. The zero-order valence-electron chi connectivity index (χ0n) is 19.2. The van der Waals surface area contributed by atoms with Crippen molar-refractivity contribution in [1.29, 1.82) is 0 Å². The van der Waals surface area contributed by atoms with Crippen molar-refractivity contribution in [1.82, 2.24) is 4.31 Å². The molecule has 10 nitrogen and oxygen atoms in total. The number of rotatable bonds is 9. The molecule has 2 aromatic rings. The SMILES string of the molecule is CC(C)COC(=O)Nc1cccc(NCC(=O)Nc2cccc(S(=O)(=O)N3CCOCC3)c2)c1. The average Bonchev–Trinajstić information content (AvgIpc) is 2.82. The van der Waals surface area contributed by atoms with Crippen LogP contribution in [0.15, 0.2) is 53.4 Å². The molecular weight excluding hydrogens is 460 g/mol. The van der Waals surface area contributed by atoms with Gasteiger partial charge in [0.15, 0.2) is 0 Å². The molecule has 184 valence electrons. The summed E-state index contributed by atoms with van der Waals surface area (Å²) in [6, 6.07) is 13.0. The number of morpholine rings is 1. The second-order valence-corrected chi connectivity index (χ2v) is 10.1. The van der Waals surface area contributed by atoms with Crippen LogP contribution in [0.3, 0.4) is 0 Å². The molecule has 34 heavy (non-hydrogen) atoms. The molecule has 11 heteroatoms. The van der Waals surface area contributed by atoms with Crippen molar-refractivity contribution in [3.63, 3.8) is 0 Å². The molecule has 0 unspecified atom stereocenters. The lowest BCUT2D eigenvalue weighted by Crippen LogP contribution is -2.40. The summed E-state index contributed by atoms with van der Waals surface area (Å²) in [5.74, 6) is -0.118. The van der Waals surface area contributed by atoms with Gasteiger partial charge in [0, 0.05) is 30.2 Å². The van der Waals surface area contributed by atoms with Crippen molar-refractivity contribution in [2.75, 3.05) is 55.4 Å². The van der Waals surface area contributed by atoms with E-state index in [1.807, 2.05) is 13.8 Å². The molecule has 0 spiro atoms. The molecule has 0 saturated carbocycles. The number of ether oxygens (including phenoxy) is 2. The molecule has 0 aliphatic carbocycles. The van der Waals surface area contributed by atoms with E-state index >= 15 is 0 Å². The monoisotopic (exact) mass is 490 g/mol. The first kappa shape index (κ1) is 25.5. The van der Waals surface area contributed by atoms with Gasteiger partial charge < -0.3 is 20.1 Å². The van der Waals surface area contributed by atoms with Gasteiger partial charge in [-0.15, -0.1) is 0 Å². The molecule has 1 fully saturated rings. The summed E-state index contributed by atoms with van der Waals surface area (Å²) >= 11 is 0. The highest BCUT2D eigenvalue weighted by Gasteiger charge is 2.26. The summed E-state index contributed by atoms with van der Waals surface area (Å²) in [4.78, 5) is 24.4. The van der Waals surface area contributed by atoms with E-state index in [-0.39, 0.29) is 23.3 Å². The highest BCUT2D eigenvalue weighted by Crippen LogP contribution is 2.21. The Balaban J connectivity index is 1.54. The van der Waals surface area contributed by atoms with Crippen LogP contribution < -0.4 is 16.0 Å². The summed E-state index contributed by atoms with van der Waals surface area (Å²) in [6.45, 7) is 5.47. The van der Waals surface area contributed by atoms with Crippen LogP contribution >= 0.6 is 0 Å². The van der Waals surface area contributed by atoms with Crippen LogP contribution in [0.2, 0.25) is 0 Å². The lowest BCUT2D eigenvalue weighted by molar-refractivity contribution is -0.114. The third kappa shape index (κ3) is 7.44. The van der Waals surface area contributed by atoms with Crippen molar-refractivity contribution >= 4 is 39.1 Å². The molecule has 0 atom stereocenters. The summed E-state index contributed by atoms with van der Waals surface area (Å²) in [7, 11) is -3.66. The molecule has 0 radical (unpaired) electrons. The van der Waals surface area contributed by atoms with Crippen LogP contribution in [0.5, 0.6) is 0 Å². The van der Waals surface area contributed by atoms with Crippen LogP contribution in [0.1, 0.15) is 13.8 Å². The number of anilines is 3. The van der Waals surface area contributed by atoms with Crippen LogP contribution in [0.25, 0.3) is 0 Å². The van der Waals surface area contributed by atoms with Gasteiger partial charge in [-0.3, -0.25) is 10.1 Å². The number of amides is 2. The predicted octanol–water partition coefficient (Wildman–Crippen LogP) is 2.96. The van der Waals surface area contributed by atoms with Crippen molar-refractivity contribution in [3.05, 3.63) is 48.5 Å². The number of nitrogens with one attached hydrogen (secondary N) is 3. The molecule has 3 rings (SSSR count). The molecule has 1 aliphatic rings. The first-order chi connectivity index (χ1) is 16.2. The van der Waals surface area contributed by atoms with Gasteiger partial charge in [0.2, 0.25) is 15.9 Å². The van der Waals surface area contributed by atoms with Crippen molar-refractivity contribution in [3.8, 4) is 0 Å². The van der Waals surface area contributed by atoms with Crippen molar-refractivity contribution < 1.29 is 27.5 Å². The fourth-order valence-corrected chi connectivity index (χ4v) is 4.62. The van der Waals surface area contributed by atoms with Gasteiger partial charge in [-0.25, -0.2) is 13.2 Å². The van der Waals surface area contributed by atoms with Gasteiger partial charge in [-0.1, -0.05) is 26.0 Å². The van der Waals surface area contributed by atoms with Crippen molar-refractivity contribution in [2.45, 2.75) is 18.7 Å². The Morgan fingerprint density at radius 2 is 1.65 bits per heavy atom. The van der Waals surface area contributed by atoms with E-state index in [1.54, 1.807) is 36.4 Å². The molecule has 2 aromatic carbocycles. The van der Waals surface area contributed by atoms with Crippen molar-refractivity contribution in [2.24, 2.45) is 5.92 Å². The molecular formula is C23H30N4O6S. The fraction of sp³-hybridized carbons (Fsp3) is 0.391. The number of benzene rings is 2. The maximum Gasteiger partial charge on any atom is 0.411 e. The zero-order valence-corrected chi connectivity index (χ0v) is 20.1. The smallest absolute Gasteiger partial charge is 0.411 e. The Labute approximate surface area is 199 Å². The number of carbonyl (C=O) groups is 2. The van der Waals surface area contributed by atoms with Crippen LogP contribution in [-0.4, -0.2) is 64.2 Å². The third-order valence-electron chi connectivity index (χ3n) is 4.84. The lowest BCUT2D eigenvalue weighted by Gasteiger charge is -2.26. The fourth-order valence-electron chi connectivity index (χ4n) is 3.16. The normalized spacial score (nSPS) is 14.4. The first-order valence-electron chi connectivity index (χ1n) is 11.0. The Morgan fingerprint density at radius 1 is 1.00 bits per heavy atom. The number of hydrogen-bond donors (Lipinski definition) is 3. The van der Waals surface area contributed by atoms with E-state index < -0.39 is 16.1 Å². The van der Waals surface area contributed by atoms with Crippen LogP contribution in [0, 0.1) is 5.92 Å². The minimum atomic E-state index is -3.66. The van der Waals surface area contributed by atoms with E-state index in [2.05, 4.69) is 16.0 Å². The highest BCUT2D eigenvalue weighted by atomic mass is 32.2. The Morgan fingerprint density at radius 3 is 2.35 bits per heavy atom. The summed E-state index contributed by atoms with van der Waals surface area (Å²) < 4.78 is 37.3. The average molecular weight is 491 g/mol. The molecule has 1 saturated heterocycles. The molecule has 1 heterocycles. The summed E-state index contributed by atoms with van der Waals surface area (Å²) in [6.07, 6.45) is -0.546. The number of hydrogen-bond acceptors (Lipinski definition) is 7. The van der Waals surface area contributed by atoms with Gasteiger partial charge in [-0.05, 0) is 42.3 Å². The van der Waals surface area contributed by atoms with Crippen LogP contribution in [0.4, 0.5) is 21.9 Å². The standard InChI is InChI=1S/C23H30N4O6S/c1-17(2)16-33-23(29)26-19-6-3-5-18(13-19)24-15-22(28)25-20-7-4-8-21(14-20)34(30,31)27-9-11-32-12-10-27/h3-8,13-14,17,24H,9-12,15-16H2,1-2H3,(H,25,28)(H,26,29). The van der Waals surface area contributed by atoms with Crippen LogP contribution in [-0.2, 0) is 24.3 Å². The van der Waals surface area contributed by atoms with E-state index in [4.69, 9.17) is 9.47 Å². The molecule has 2 amide bonds. The molecule has 0 aromatic heterocycles. The second kappa shape index (κ2) is 11.8. The Bertz CT molecular complexity index is 1100. The quantitative estimate of drug-likeness (QED) is 0.493. The third-order valence-corrected chi connectivity index (χ3v) is 6.73. The zero-order chi connectivity index (χ0) is 24.6. The van der Waals surface area contributed by atoms with E-state index in [0.717, 1.165) is 0 Å². The van der Waals surface area contributed by atoms with Gasteiger partial charge >= 0.3 is 6.09 Å². The van der Waals surface area contributed by atoms with Gasteiger partial charge in [0.25, 0.3) is 0 Å². The Kier molecular flexibility index (Phi) is 8.85. The topological polar surface area (TPSA) is 126 Å². The Hall–Kier alpha value is -3.15. The summed E-state index contributed by atoms with van der Waals surface area (Å²) in [5.41, 5.74) is 1.53. The van der Waals surface area contributed by atoms with Gasteiger partial charge in [0.1, 0.15) is 0 Å². The summed E-state index contributed by atoms with van der Waals surface area (Å²) in [5, 5.41) is 8.33. The molecule has 0 bridgehead atoms. The molecule has 3 N–H and O–H groups in total. The highest BCUT2D eigenvalue weighted by molar-refractivity contribution is 7.89. The number of sulfonamides is 1. The maximum absolute atomic E-state index is 12.8. The van der Waals surface area contributed by atoms with E-state index in [9.17, 15) is 18.0 Å². The number of carbonyl (C=O) groups excluding carboxylic acids is 2. The molecule has 1 aliphatic heterocycles. The largest absolute Gasteiger partial charge is 0.449 e. The van der Waals surface area contributed by atoms with E-state index in [1.165, 1.54) is 16.4 Å².